The molecular formula is C9H10ClNO2. The predicted molar refractivity (Wildman–Crippen MR) is 48.6 cm³/mol. The fraction of sp³-hybridized carbons (Fsp3) is 0.444. The molecule has 0 amide bonds. The van der Waals surface area contributed by atoms with E-state index in [1.807, 2.05) is 13.0 Å². The van der Waals surface area contributed by atoms with Crippen molar-refractivity contribution < 1.29 is 9.47 Å². The van der Waals surface area contributed by atoms with Gasteiger partial charge in [0.15, 0.2) is 0 Å². The van der Waals surface area contributed by atoms with Crippen molar-refractivity contribution in [2.75, 3.05) is 13.2 Å². The van der Waals surface area contributed by atoms with E-state index in [-0.39, 0.29) is 6.29 Å². The van der Waals surface area contributed by atoms with Gasteiger partial charge in [-0.05, 0) is 24.6 Å². The summed E-state index contributed by atoms with van der Waals surface area (Å²) in [6.45, 7) is 3.21. The number of aryl methyl sites for hydroxylation is 1. The number of hydrogen-bond donors (Lipinski definition) is 0. The maximum absolute atomic E-state index is 5.81. The van der Waals surface area contributed by atoms with Gasteiger partial charge in [0, 0.05) is 0 Å². The first-order valence-corrected chi connectivity index (χ1v) is 4.51. The minimum Gasteiger partial charge on any atom is -0.345 e. The first kappa shape index (κ1) is 8.94. The molecule has 2 heterocycles. The molecule has 1 aromatic heterocycles. The van der Waals surface area contributed by atoms with E-state index in [1.165, 1.54) is 0 Å². The van der Waals surface area contributed by atoms with E-state index in [1.54, 1.807) is 6.07 Å². The van der Waals surface area contributed by atoms with Crippen LogP contribution in [0.2, 0.25) is 5.15 Å². The Hall–Kier alpha value is -0.640. The van der Waals surface area contributed by atoms with Crippen molar-refractivity contribution in [3.8, 4) is 0 Å². The molecule has 0 N–H and O–H groups in total. The predicted octanol–water partition coefficient (Wildman–Crippen LogP) is 2.09. The summed E-state index contributed by atoms with van der Waals surface area (Å²) >= 11 is 5.81. The second kappa shape index (κ2) is 3.62. The average Bonchev–Trinajstić information content (AvgIpc) is 2.53. The van der Waals surface area contributed by atoms with Crippen LogP contribution in [0.3, 0.4) is 0 Å². The van der Waals surface area contributed by atoms with E-state index >= 15 is 0 Å². The van der Waals surface area contributed by atoms with E-state index in [9.17, 15) is 0 Å². The lowest BCUT2D eigenvalue weighted by Gasteiger charge is -2.08. The maximum Gasteiger partial charge on any atom is 0.201 e. The lowest BCUT2D eigenvalue weighted by molar-refractivity contribution is -0.0473. The third kappa shape index (κ3) is 1.99. The number of ether oxygens (including phenoxy) is 2. The van der Waals surface area contributed by atoms with Gasteiger partial charge in [-0.3, -0.25) is 0 Å². The zero-order chi connectivity index (χ0) is 9.26. The lowest BCUT2D eigenvalue weighted by atomic mass is 10.2. The molecule has 13 heavy (non-hydrogen) atoms. The van der Waals surface area contributed by atoms with Crippen LogP contribution in [0, 0.1) is 6.92 Å². The summed E-state index contributed by atoms with van der Waals surface area (Å²) < 4.78 is 10.6. The summed E-state index contributed by atoms with van der Waals surface area (Å²) in [5, 5.41) is 0.481. The Kier molecular flexibility index (Phi) is 2.49. The summed E-state index contributed by atoms with van der Waals surface area (Å²) in [4.78, 5) is 4.13. The molecular weight excluding hydrogens is 190 g/mol. The van der Waals surface area contributed by atoms with Gasteiger partial charge < -0.3 is 9.47 Å². The van der Waals surface area contributed by atoms with Crippen LogP contribution < -0.4 is 0 Å². The van der Waals surface area contributed by atoms with E-state index in [2.05, 4.69) is 4.98 Å². The Morgan fingerprint density at radius 3 is 2.69 bits per heavy atom. The van der Waals surface area contributed by atoms with Gasteiger partial charge in [-0.15, -0.1) is 0 Å². The minimum atomic E-state index is -0.336. The smallest absolute Gasteiger partial charge is 0.201 e. The van der Waals surface area contributed by atoms with Crippen LogP contribution in [0.15, 0.2) is 12.1 Å². The van der Waals surface area contributed by atoms with Crippen LogP contribution in [-0.4, -0.2) is 18.2 Å². The van der Waals surface area contributed by atoms with Crippen molar-refractivity contribution in [1.29, 1.82) is 0 Å². The standard InChI is InChI=1S/C9H10ClNO2/c1-6-4-7(11-8(10)5-6)9-12-2-3-13-9/h4-5,9H,2-3H2,1H3. The Morgan fingerprint density at radius 2 is 2.08 bits per heavy atom. The van der Waals surface area contributed by atoms with Crippen molar-refractivity contribution in [3.05, 3.63) is 28.5 Å². The normalized spacial score (nSPS) is 18.0. The van der Waals surface area contributed by atoms with Gasteiger partial charge in [0.2, 0.25) is 6.29 Å². The lowest BCUT2D eigenvalue weighted by Crippen LogP contribution is -2.01. The average molecular weight is 200 g/mol. The fourth-order valence-corrected chi connectivity index (χ4v) is 1.57. The summed E-state index contributed by atoms with van der Waals surface area (Å²) in [6.07, 6.45) is -0.336. The van der Waals surface area contributed by atoms with Gasteiger partial charge in [-0.25, -0.2) is 4.98 Å². The number of nitrogens with zero attached hydrogens (tertiary/aromatic N) is 1. The Morgan fingerprint density at radius 1 is 1.38 bits per heavy atom. The fourth-order valence-electron chi connectivity index (χ4n) is 1.30. The van der Waals surface area contributed by atoms with Crippen molar-refractivity contribution in [2.45, 2.75) is 13.2 Å². The van der Waals surface area contributed by atoms with Crippen molar-refractivity contribution in [3.63, 3.8) is 0 Å². The SMILES string of the molecule is Cc1cc(Cl)nc(C2OCCO2)c1. The number of halogens is 1. The maximum atomic E-state index is 5.81. The van der Waals surface area contributed by atoms with Crippen LogP contribution >= 0.6 is 11.6 Å². The molecule has 1 fully saturated rings. The van der Waals surface area contributed by atoms with Gasteiger partial charge in [0.25, 0.3) is 0 Å². The molecule has 70 valence electrons. The molecule has 0 atom stereocenters. The second-order valence-electron chi connectivity index (χ2n) is 2.97. The first-order chi connectivity index (χ1) is 6.25. The first-order valence-electron chi connectivity index (χ1n) is 4.13. The second-order valence-corrected chi connectivity index (χ2v) is 3.35. The molecule has 1 saturated heterocycles. The molecule has 0 saturated carbocycles. The molecule has 0 aliphatic carbocycles. The van der Waals surface area contributed by atoms with E-state index in [0.717, 1.165) is 11.3 Å². The molecule has 3 nitrogen and oxygen atoms in total. The molecule has 2 rings (SSSR count). The molecule has 0 spiro atoms. The molecule has 0 bridgehead atoms. The third-order valence-corrected chi connectivity index (χ3v) is 2.02. The Labute approximate surface area is 81.6 Å². The molecule has 0 radical (unpaired) electrons. The van der Waals surface area contributed by atoms with Crippen LogP contribution in [0.25, 0.3) is 0 Å². The minimum absolute atomic E-state index is 0.336. The van der Waals surface area contributed by atoms with Crippen LogP contribution in [0.5, 0.6) is 0 Å². The summed E-state index contributed by atoms with van der Waals surface area (Å²) in [7, 11) is 0. The van der Waals surface area contributed by atoms with Crippen molar-refractivity contribution in [2.24, 2.45) is 0 Å². The zero-order valence-electron chi connectivity index (χ0n) is 7.29. The van der Waals surface area contributed by atoms with Gasteiger partial charge in [-0.2, -0.15) is 0 Å². The molecule has 1 aliphatic heterocycles. The van der Waals surface area contributed by atoms with Gasteiger partial charge >= 0.3 is 0 Å². The van der Waals surface area contributed by atoms with E-state index < -0.39 is 0 Å². The van der Waals surface area contributed by atoms with Crippen molar-refractivity contribution in [1.82, 2.24) is 4.98 Å². The van der Waals surface area contributed by atoms with Crippen molar-refractivity contribution >= 4 is 11.6 Å². The number of hydrogen-bond acceptors (Lipinski definition) is 3. The highest BCUT2D eigenvalue weighted by atomic mass is 35.5. The third-order valence-electron chi connectivity index (χ3n) is 1.82. The highest BCUT2D eigenvalue weighted by Gasteiger charge is 2.19. The van der Waals surface area contributed by atoms with Crippen LogP contribution in [0.1, 0.15) is 17.5 Å². The number of rotatable bonds is 1. The number of aromatic nitrogens is 1. The highest BCUT2D eigenvalue weighted by Crippen LogP contribution is 2.23. The van der Waals surface area contributed by atoms with E-state index in [0.29, 0.717) is 18.4 Å². The summed E-state index contributed by atoms with van der Waals surface area (Å²) in [5.41, 5.74) is 1.82. The van der Waals surface area contributed by atoms with Crippen LogP contribution in [0.4, 0.5) is 0 Å². The van der Waals surface area contributed by atoms with Crippen LogP contribution in [-0.2, 0) is 9.47 Å². The molecule has 1 aromatic rings. The zero-order valence-corrected chi connectivity index (χ0v) is 8.04. The monoisotopic (exact) mass is 199 g/mol. The van der Waals surface area contributed by atoms with E-state index in [4.69, 9.17) is 21.1 Å². The molecule has 0 unspecified atom stereocenters. The quantitative estimate of drug-likeness (QED) is 0.649. The van der Waals surface area contributed by atoms with Gasteiger partial charge in [0.05, 0.1) is 18.9 Å². The number of pyridine rings is 1. The summed E-state index contributed by atoms with van der Waals surface area (Å²) in [5.74, 6) is 0. The molecule has 0 aromatic carbocycles. The highest BCUT2D eigenvalue weighted by molar-refractivity contribution is 6.29. The summed E-state index contributed by atoms with van der Waals surface area (Å²) in [6, 6.07) is 3.72. The molecule has 1 aliphatic rings. The largest absolute Gasteiger partial charge is 0.345 e. The Balaban J connectivity index is 2.28. The van der Waals surface area contributed by atoms with Gasteiger partial charge in [-0.1, -0.05) is 11.6 Å². The van der Waals surface area contributed by atoms with Gasteiger partial charge in [0.1, 0.15) is 5.15 Å². The Bertz CT molecular complexity index is 290. The topological polar surface area (TPSA) is 31.4 Å². The molecule has 4 heteroatoms.